The summed E-state index contributed by atoms with van der Waals surface area (Å²) in [4.78, 5) is 0. The van der Waals surface area contributed by atoms with Crippen molar-refractivity contribution in [3.05, 3.63) is 41.2 Å². The zero-order valence-corrected chi connectivity index (χ0v) is 10.9. The van der Waals surface area contributed by atoms with Gasteiger partial charge in [0.05, 0.1) is 6.10 Å². The van der Waals surface area contributed by atoms with Gasteiger partial charge in [0.2, 0.25) is 0 Å². The predicted molar refractivity (Wildman–Crippen MR) is 71.7 cm³/mol. The maximum atomic E-state index is 13.2. The Labute approximate surface area is 112 Å². The molecule has 3 heteroatoms. The first-order valence-corrected chi connectivity index (χ1v) is 7.03. The van der Waals surface area contributed by atoms with Crippen molar-refractivity contribution in [1.82, 2.24) is 0 Å². The van der Waals surface area contributed by atoms with Gasteiger partial charge in [-0.3, -0.25) is 0 Å². The molecule has 19 heavy (non-hydrogen) atoms. The van der Waals surface area contributed by atoms with E-state index in [-0.39, 0.29) is 18.0 Å². The monoisotopic (exact) mass is 262 g/mol. The molecule has 0 fully saturated rings. The van der Waals surface area contributed by atoms with E-state index < -0.39 is 0 Å². The molecule has 0 spiro atoms. The van der Waals surface area contributed by atoms with Gasteiger partial charge in [-0.2, -0.15) is 0 Å². The van der Waals surface area contributed by atoms with Gasteiger partial charge in [0.1, 0.15) is 17.7 Å². The maximum absolute atomic E-state index is 13.2. The Morgan fingerprint density at radius 2 is 2.21 bits per heavy atom. The predicted octanol–water partition coefficient (Wildman–Crippen LogP) is 3.38. The van der Waals surface area contributed by atoms with E-state index >= 15 is 0 Å². The summed E-state index contributed by atoms with van der Waals surface area (Å²) in [7, 11) is 0. The van der Waals surface area contributed by atoms with E-state index in [0.717, 1.165) is 49.8 Å². The Bertz CT molecular complexity index is 496. The number of aliphatic hydroxyl groups excluding tert-OH is 1. The lowest BCUT2D eigenvalue weighted by Crippen LogP contribution is -2.14. The fourth-order valence-corrected chi connectivity index (χ4v) is 3.01. The van der Waals surface area contributed by atoms with Crippen LogP contribution in [0, 0.1) is 5.82 Å². The largest absolute Gasteiger partial charge is 0.489 e. The third kappa shape index (κ3) is 2.98. The summed E-state index contributed by atoms with van der Waals surface area (Å²) in [5.74, 6) is 0.605. The number of fused-ring (bicyclic) bond motifs is 1. The van der Waals surface area contributed by atoms with E-state index in [1.54, 1.807) is 12.1 Å². The second-order valence-corrected chi connectivity index (χ2v) is 5.54. The first-order valence-electron chi connectivity index (χ1n) is 7.03. The molecule has 0 saturated heterocycles. The number of aliphatic hydroxyl groups is 1. The molecule has 1 heterocycles. The summed E-state index contributed by atoms with van der Waals surface area (Å²) >= 11 is 0. The van der Waals surface area contributed by atoms with Gasteiger partial charge < -0.3 is 9.84 Å². The Kier molecular flexibility index (Phi) is 3.56. The van der Waals surface area contributed by atoms with E-state index in [2.05, 4.69) is 0 Å². The van der Waals surface area contributed by atoms with Crippen molar-refractivity contribution < 1.29 is 14.2 Å². The Hall–Kier alpha value is -1.35. The number of rotatable bonds is 2. The SMILES string of the molecule is OC1C=C(CC2Cc3cc(F)ccc3O2)CCCC1. The van der Waals surface area contributed by atoms with Crippen LogP contribution in [0.5, 0.6) is 5.75 Å². The van der Waals surface area contributed by atoms with Crippen LogP contribution in [0.15, 0.2) is 29.8 Å². The van der Waals surface area contributed by atoms with Gasteiger partial charge in [-0.15, -0.1) is 0 Å². The van der Waals surface area contributed by atoms with Gasteiger partial charge in [-0.05, 0) is 37.5 Å². The topological polar surface area (TPSA) is 29.5 Å². The highest BCUT2D eigenvalue weighted by Crippen LogP contribution is 2.33. The van der Waals surface area contributed by atoms with E-state index in [9.17, 15) is 9.50 Å². The molecule has 0 saturated carbocycles. The number of halogens is 1. The fraction of sp³-hybridized carbons (Fsp3) is 0.500. The van der Waals surface area contributed by atoms with Gasteiger partial charge in [-0.1, -0.05) is 18.1 Å². The quantitative estimate of drug-likeness (QED) is 0.828. The van der Waals surface area contributed by atoms with Gasteiger partial charge in [0.15, 0.2) is 0 Å². The molecule has 1 aliphatic heterocycles. The van der Waals surface area contributed by atoms with Crippen LogP contribution in [0.1, 0.15) is 37.7 Å². The van der Waals surface area contributed by atoms with Crippen molar-refractivity contribution >= 4 is 0 Å². The highest BCUT2D eigenvalue weighted by molar-refractivity contribution is 5.38. The lowest BCUT2D eigenvalue weighted by Gasteiger charge is -2.13. The van der Waals surface area contributed by atoms with Crippen LogP contribution in [0.2, 0.25) is 0 Å². The van der Waals surface area contributed by atoms with Crippen LogP contribution in [-0.4, -0.2) is 17.3 Å². The summed E-state index contributed by atoms with van der Waals surface area (Å²) in [6.45, 7) is 0. The molecule has 1 aliphatic carbocycles. The fourth-order valence-electron chi connectivity index (χ4n) is 3.01. The summed E-state index contributed by atoms with van der Waals surface area (Å²) in [6.07, 6.45) is 7.50. The average Bonchev–Trinajstić information content (AvgIpc) is 2.63. The molecule has 102 valence electrons. The number of ether oxygens (including phenoxy) is 1. The lowest BCUT2D eigenvalue weighted by molar-refractivity contribution is 0.209. The molecular weight excluding hydrogens is 243 g/mol. The highest BCUT2D eigenvalue weighted by Gasteiger charge is 2.24. The molecule has 2 aliphatic rings. The molecule has 0 amide bonds. The molecule has 2 unspecified atom stereocenters. The summed E-state index contributed by atoms with van der Waals surface area (Å²) in [5, 5.41) is 9.78. The number of benzene rings is 1. The standard InChI is InChI=1S/C16H19FO2/c17-13-5-6-16-12(9-13)10-15(19-16)8-11-3-1-2-4-14(18)7-11/h5-7,9,14-15,18H,1-4,8,10H2. The Balaban J connectivity index is 1.66. The first-order chi connectivity index (χ1) is 9.20. The Morgan fingerprint density at radius 3 is 3.11 bits per heavy atom. The highest BCUT2D eigenvalue weighted by atomic mass is 19.1. The van der Waals surface area contributed by atoms with Gasteiger partial charge >= 0.3 is 0 Å². The van der Waals surface area contributed by atoms with Crippen molar-refractivity contribution in [3.8, 4) is 5.75 Å². The minimum Gasteiger partial charge on any atom is -0.489 e. The van der Waals surface area contributed by atoms with E-state index in [0.29, 0.717) is 0 Å². The summed E-state index contributed by atoms with van der Waals surface area (Å²) in [6, 6.07) is 4.71. The molecular formula is C16H19FO2. The normalized spacial score (nSPS) is 26.3. The van der Waals surface area contributed by atoms with Crippen molar-refractivity contribution in [2.24, 2.45) is 0 Å². The van der Waals surface area contributed by atoms with Crippen LogP contribution in [0.25, 0.3) is 0 Å². The molecule has 1 N–H and O–H groups in total. The molecule has 2 nitrogen and oxygen atoms in total. The van der Waals surface area contributed by atoms with Crippen molar-refractivity contribution in [1.29, 1.82) is 0 Å². The molecule has 3 rings (SSSR count). The van der Waals surface area contributed by atoms with E-state index in [1.807, 2.05) is 6.08 Å². The second-order valence-electron chi connectivity index (χ2n) is 5.54. The van der Waals surface area contributed by atoms with Gasteiger partial charge in [0.25, 0.3) is 0 Å². The maximum Gasteiger partial charge on any atom is 0.123 e. The average molecular weight is 262 g/mol. The Morgan fingerprint density at radius 1 is 1.32 bits per heavy atom. The summed E-state index contributed by atoms with van der Waals surface area (Å²) < 4.78 is 19.0. The molecule has 0 aromatic heterocycles. The molecule has 2 atom stereocenters. The summed E-state index contributed by atoms with van der Waals surface area (Å²) in [5.41, 5.74) is 2.24. The molecule has 0 radical (unpaired) electrons. The third-order valence-corrected chi connectivity index (χ3v) is 3.93. The molecule has 1 aromatic carbocycles. The van der Waals surface area contributed by atoms with Crippen LogP contribution in [-0.2, 0) is 6.42 Å². The van der Waals surface area contributed by atoms with E-state index in [4.69, 9.17) is 4.74 Å². The van der Waals surface area contributed by atoms with Crippen LogP contribution >= 0.6 is 0 Å². The molecule has 1 aromatic rings. The van der Waals surface area contributed by atoms with Crippen molar-refractivity contribution in [2.45, 2.75) is 50.7 Å². The van der Waals surface area contributed by atoms with Crippen LogP contribution < -0.4 is 4.74 Å². The first kappa shape index (κ1) is 12.7. The second kappa shape index (κ2) is 5.33. The zero-order chi connectivity index (χ0) is 13.2. The minimum absolute atomic E-state index is 0.0911. The number of hydrogen-bond donors (Lipinski definition) is 1. The van der Waals surface area contributed by atoms with Gasteiger partial charge in [-0.25, -0.2) is 4.39 Å². The van der Waals surface area contributed by atoms with Crippen LogP contribution in [0.4, 0.5) is 4.39 Å². The van der Waals surface area contributed by atoms with Crippen molar-refractivity contribution in [2.75, 3.05) is 0 Å². The molecule has 0 bridgehead atoms. The number of hydrogen-bond acceptors (Lipinski definition) is 2. The lowest BCUT2D eigenvalue weighted by atomic mass is 10.00. The third-order valence-electron chi connectivity index (χ3n) is 3.93. The van der Waals surface area contributed by atoms with E-state index in [1.165, 1.54) is 11.6 Å². The minimum atomic E-state index is -0.307. The van der Waals surface area contributed by atoms with Crippen LogP contribution in [0.3, 0.4) is 0 Å². The van der Waals surface area contributed by atoms with Gasteiger partial charge in [0, 0.05) is 18.4 Å². The smallest absolute Gasteiger partial charge is 0.123 e. The van der Waals surface area contributed by atoms with Crippen molar-refractivity contribution in [3.63, 3.8) is 0 Å². The zero-order valence-electron chi connectivity index (χ0n) is 10.9.